The van der Waals surface area contributed by atoms with E-state index in [4.69, 9.17) is 26.5 Å². The highest BCUT2D eigenvalue weighted by Gasteiger charge is 2.33. The number of rotatable bonds is 11. The van der Waals surface area contributed by atoms with Gasteiger partial charge in [-0.1, -0.05) is 18.2 Å². The number of carbonyl (C=O) groups excluding carboxylic acids is 1. The summed E-state index contributed by atoms with van der Waals surface area (Å²) < 4.78 is 75.9. The van der Waals surface area contributed by atoms with Gasteiger partial charge in [-0.15, -0.1) is 11.3 Å². The fourth-order valence-electron chi connectivity index (χ4n) is 4.17. The number of furan rings is 1. The van der Waals surface area contributed by atoms with Crippen LogP contribution in [0.2, 0.25) is 0 Å². The molecule has 0 fully saturated rings. The summed E-state index contributed by atoms with van der Waals surface area (Å²) in [4.78, 5) is 22.6. The van der Waals surface area contributed by atoms with Crippen LogP contribution in [0.15, 0.2) is 63.9 Å². The maximum absolute atomic E-state index is 13.6. The summed E-state index contributed by atoms with van der Waals surface area (Å²) in [5.41, 5.74) is 0.501. The van der Waals surface area contributed by atoms with Gasteiger partial charge in [0.2, 0.25) is 5.88 Å². The first-order valence-electron chi connectivity index (χ1n) is 12.6. The number of ether oxygens (including phenoxy) is 3. The highest BCUT2D eigenvalue weighted by molar-refractivity contribution is 9.10. The molecule has 2 atom stereocenters. The maximum atomic E-state index is 13.6. The van der Waals surface area contributed by atoms with Crippen molar-refractivity contribution in [2.45, 2.75) is 38.2 Å². The third-order valence-electron chi connectivity index (χ3n) is 6.06. The van der Waals surface area contributed by atoms with Gasteiger partial charge in [0.05, 0.1) is 34.9 Å². The first kappa shape index (κ1) is 30.5. The van der Waals surface area contributed by atoms with Gasteiger partial charge in [0.1, 0.15) is 35.8 Å². The molecule has 0 unspecified atom stereocenters. The molecule has 0 aliphatic heterocycles. The molecule has 4 aromatic heterocycles. The molecule has 0 bridgehead atoms. The molecular weight excluding hydrogens is 659 g/mol. The predicted molar refractivity (Wildman–Crippen MR) is 151 cm³/mol. The van der Waals surface area contributed by atoms with E-state index < -0.39 is 36.6 Å². The van der Waals surface area contributed by atoms with Crippen molar-refractivity contribution in [1.82, 2.24) is 19.7 Å². The van der Waals surface area contributed by atoms with Crippen LogP contribution in [0.3, 0.4) is 0 Å². The van der Waals surface area contributed by atoms with Crippen LogP contribution in [0.5, 0.6) is 11.6 Å². The second-order valence-electron chi connectivity index (χ2n) is 8.95. The molecule has 222 valence electrons. The number of carbonyl (C=O) groups is 1. The van der Waals surface area contributed by atoms with Crippen molar-refractivity contribution < 1.29 is 41.0 Å². The molecule has 0 saturated heterocycles. The van der Waals surface area contributed by atoms with Crippen molar-refractivity contribution in [3.63, 3.8) is 0 Å². The Hall–Kier alpha value is -3.92. The molecule has 16 heteroatoms. The molecule has 0 aliphatic rings. The van der Waals surface area contributed by atoms with Gasteiger partial charge in [-0.25, -0.2) is 14.8 Å². The second kappa shape index (κ2) is 12.8. The van der Waals surface area contributed by atoms with E-state index in [9.17, 15) is 22.4 Å². The van der Waals surface area contributed by atoms with Crippen molar-refractivity contribution in [2.24, 2.45) is 0 Å². The van der Waals surface area contributed by atoms with E-state index in [1.54, 1.807) is 31.2 Å². The fraction of sp³-hybridized carbons (Fsp3) is 0.259. The normalized spacial score (nSPS) is 13.2. The van der Waals surface area contributed by atoms with Crippen molar-refractivity contribution in [1.29, 1.82) is 0 Å². The number of aromatic nitrogens is 4. The Labute approximate surface area is 255 Å². The second-order valence-corrected chi connectivity index (χ2v) is 10.7. The number of hydrogen-bond acceptors (Lipinski definition) is 9. The van der Waals surface area contributed by atoms with Crippen LogP contribution >= 0.6 is 27.3 Å². The Kier molecular flexibility index (Phi) is 9.06. The molecule has 5 rings (SSSR count). The highest BCUT2D eigenvalue weighted by Crippen LogP contribution is 2.45. The monoisotopic (exact) mass is 678 g/mol. The summed E-state index contributed by atoms with van der Waals surface area (Å²) in [6.07, 6.45) is -3.42. The zero-order valence-corrected chi connectivity index (χ0v) is 24.6. The third kappa shape index (κ3) is 6.85. The van der Waals surface area contributed by atoms with Gasteiger partial charge in [-0.3, -0.25) is 4.68 Å². The van der Waals surface area contributed by atoms with E-state index in [0.717, 1.165) is 4.68 Å². The SMILES string of the molecule is [B][C@H](c1ccccc1OCc1ccnn1CC(F)(F)F)[C@H](Oc1ncnc2sc(-c3ccc(F)o3)c(Br)c12)C(=O)OCC. The lowest BCUT2D eigenvalue weighted by Crippen LogP contribution is -2.36. The summed E-state index contributed by atoms with van der Waals surface area (Å²) in [5.74, 6) is -1.51. The number of hydrogen-bond donors (Lipinski definition) is 0. The van der Waals surface area contributed by atoms with E-state index in [0.29, 0.717) is 25.1 Å². The molecule has 5 aromatic rings. The Morgan fingerprint density at radius 2 is 1.98 bits per heavy atom. The largest absolute Gasteiger partial charge is 0.487 e. The van der Waals surface area contributed by atoms with E-state index in [-0.39, 0.29) is 36.3 Å². The number of fused-ring (bicyclic) bond motifs is 1. The topological polar surface area (TPSA) is 102 Å². The van der Waals surface area contributed by atoms with Gasteiger partial charge in [-0.2, -0.15) is 22.7 Å². The first-order chi connectivity index (χ1) is 20.6. The van der Waals surface area contributed by atoms with Gasteiger partial charge < -0.3 is 18.6 Å². The molecule has 1 aromatic carbocycles. The van der Waals surface area contributed by atoms with E-state index >= 15 is 0 Å². The zero-order chi connectivity index (χ0) is 30.7. The Bertz CT molecular complexity index is 1740. The summed E-state index contributed by atoms with van der Waals surface area (Å²) in [5, 5.41) is 4.11. The van der Waals surface area contributed by atoms with Crippen LogP contribution in [0.4, 0.5) is 17.6 Å². The lowest BCUT2D eigenvalue weighted by Gasteiger charge is -2.25. The Balaban J connectivity index is 1.45. The number of benzene rings is 1. The molecule has 0 amide bonds. The van der Waals surface area contributed by atoms with E-state index in [2.05, 4.69) is 31.0 Å². The molecule has 0 saturated carbocycles. The van der Waals surface area contributed by atoms with Crippen LogP contribution in [0.1, 0.15) is 24.0 Å². The molecule has 0 spiro atoms. The minimum atomic E-state index is -4.47. The number of para-hydroxylation sites is 1. The van der Waals surface area contributed by atoms with Crippen molar-refractivity contribution in [3.8, 4) is 22.3 Å². The lowest BCUT2D eigenvalue weighted by molar-refractivity contribution is -0.151. The molecular formula is C27H20BBrF4N4O5S. The summed E-state index contributed by atoms with van der Waals surface area (Å²) in [7, 11) is 6.58. The number of esters is 1. The van der Waals surface area contributed by atoms with E-state index in [1.165, 1.54) is 42.1 Å². The Morgan fingerprint density at radius 3 is 2.70 bits per heavy atom. The zero-order valence-electron chi connectivity index (χ0n) is 22.2. The molecule has 2 radical (unpaired) electrons. The molecule has 0 aliphatic carbocycles. The number of halogens is 5. The number of alkyl halides is 3. The van der Waals surface area contributed by atoms with Crippen LogP contribution in [-0.4, -0.2) is 52.5 Å². The minimum Gasteiger partial charge on any atom is -0.487 e. The highest BCUT2D eigenvalue weighted by atomic mass is 79.9. The fourth-order valence-corrected chi connectivity index (χ4v) is 6.08. The van der Waals surface area contributed by atoms with Crippen molar-refractivity contribution in [3.05, 3.63) is 76.7 Å². The summed E-state index contributed by atoms with van der Waals surface area (Å²) in [6.45, 7) is 0.118. The predicted octanol–water partition coefficient (Wildman–Crippen LogP) is 6.41. The van der Waals surface area contributed by atoms with Crippen molar-refractivity contribution in [2.75, 3.05) is 6.61 Å². The quantitative estimate of drug-likeness (QED) is 0.0898. The first-order valence-corrected chi connectivity index (χ1v) is 14.2. The third-order valence-corrected chi connectivity index (χ3v) is 8.23. The van der Waals surface area contributed by atoms with Gasteiger partial charge in [0.25, 0.3) is 6.01 Å². The van der Waals surface area contributed by atoms with Crippen LogP contribution < -0.4 is 9.47 Å². The van der Waals surface area contributed by atoms with Gasteiger partial charge >= 0.3 is 12.1 Å². The van der Waals surface area contributed by atoms with Crippen LogP contribution in [0.25, 0.3) is 20.9 Å². The molecule has 4 heterocycles. The standard InChI is InChI=1S/C27H20BBrF4N4O5S/c1-2-39-26(38)22(42-24-19-21(29)23(17-7-8-18(30)41-17)43-25(19)35-13-34-24)20(28)15-5-3-4-6-16(15)40-11-14-9-10-36-37(14)12-27(31,32)33/h3-10,13,20,22H,2,11-12H2,1H3/t20-,22+/m1/s1. The number of thiophene rings is 1. The smallest absolute Gasteiger partial charge is 0.408 e. The van der Waals surface area contributed by atoms with Gasteiger partial charge in [0.15, 0.2) is 6.10 Å². The van der Waals surface area contributed by atoms with Crippen molar-refractivity contribution >= 4 is 51.3 Å². The maximum Gasteiger partial charge on any atom is 0.408 e. The van der Waals surface area contributed by atoms with Gasteiger partial charge in [-0.05, 0) is 52.4 Å². The summed E-state index contributed by atoms with van der Waals surface area (Å²) >= 11 is 4.67. The Morgan fingerprint density at radius 1 is 1.19 bits per heavy atom. The average molecular weight is 679 g/mol. The van der Waals surface area contributed by atoms with E-state index in [1.807, 2.05) is 0 Å². The molecule has 0 N–H and O–H groups in total. The lowest BCUT2D eigenvalue weighted by atomic mass is 9.76. The van der Waals surface area contributed by atoms with Crippen LogP contribution in [-0.2, 0) is 22.7 Å². The van der Waals surface area contributed by atoms with Crippen LogP contribution in [0, 0.1) is 6.01 Å². The van der Waals surface area contributed by atoms with Gasteiger partial charge in [0, 0.05) is 12.3 Å². The minimum absolute atomic E-state index is 0.00522. The average Bonchev–Trinajstić information content (AvgIpc) is 3.68. The molecule has 9 nitrogen and oxygen atoms in total. The number of nitrogens with zero attached hydrogens (tertiary/aromatic N) is 4. The molecule has 43 heavy (non-hydrogen) atoms. The summed E-state index contributed by atoms with van der Waals surface area (Å²) in [6, 6.07) is 9.75.